The number of carboxylic acids is 1. The monoisotopic (exact) mass is 284 g/mol. The van der Waals surface area contributed by atoms with Crippen LogP contribution in [0.15, 0.2) is 12.1 Å². The number of aliphatic carboxylic acids is 1. The van der Waals surface area contributed by atoms with Gasteiger partial charge < -0.3 is 20.1 Å². The number of primary amides is 1. The van der Waals surface area contributed by atoms with Gasteiger partial charge in [-0.3, -0.25) is 9.59 Å². The van der Waals surface area contributed by atoms with Crippen LogP contribution >= 0.6 is 0 Å². The maximum atomic E-state index is 14.1. The molecule has 20 heavy (non-hydrogen) atoms. The van der Waals surface area contributed by atoms with Gasteiger partial charge >= 0.3 is 5.97 Å². The number of amides is 1. The van der Waals surface area contributed by atoms with E-state index in [1.807, 2.05) is 0 Å². The quantitative estimate of drug-likeness (QED) is 0.879. The summed E-state index contributed by atoms with van der Waals surface area (Å²) in [4.78, 5) is 22.0. The number of carbonyl (C=O) groups is 2. The molecule has 0 radical (unpaired) electrons. The molecule has 0 atom stereocenters. The van der Waals surface area contributed by atoms with E-state index in [-0.39, 0.29) is 16.7 Å². The summed E-state index contributed by atoms with van der Waals surface area (Å²) in [5.74, 6) is -4.57. The van der Waals surface area contributed by atoms with E-state index in [1.54, 1.807) is 0 Å². The summed E-state index contributed by atoms with van der Waals surface area (Å²) in [5.41, 5.74) is 4.23. The van der Waals surface area contributed by atoms with Gasteiger partial charge in [0.05, 0.1) is 18.0 Å². The Kier molecular flexibility index (Phi) is 3.31. The number of methoxy groups -OCH3 is 1. The Morgan fingerprint density at radius 3 is 2.55 bits per heavy atom. The van der Waals surface area contributed by atoms with Gasteiger partial charge in [0.2, 0.25) is 5.95 Å². The fraction of sp³-hybridized carbons (Fsp3) is 0.167. The number of nitrogens with zero attached hydrogens (tertiary/aromatic N) is 1. The summed E-state index contributed by atoms with van der Waals surface area (Å²) < 4.78 is 33.6. The highest BCUT2D eigenvalue weighted by Crippen LogP contribution is 2.31. The second-order valence-corrected chi connectivity index (χ2v) is 4.01. The SMILES string of the molecule is COc1cc(F)c2c(C(N)=O)c(F)n(CC(=O)O)c2c1. The van der Waals surface area contributed by atoms with Crippen LogP contribution in [0.5, 0.6) is 5.75 Å². The lowest BCUT2D eigenvalue weighted by Gasteiger charge is -2.05. The van der Waals surface area contributed by atoms with Crippen molar-refractivity contribution in [2.45, 2.75) is 6.54 Å². The lowest BCUT2D eigenvalue weighted by atomic mass is 10.1. The number of carboxylic acid groups (broad SMARTS) is 1. The Labute approximate surface area is 111 Å². The van der Waals surface area contributed by atoms with E-state index in [0.29, 0.717) is 4.57 Å². The van der Waals surface area contributed by atoms with Gasteiger partial charge in [0.1, 0.15) is 23.7 Å². The molecule has 0 saturated heterocycles. The maximum Gasteiger partial charge on any atom is 0.323 e. The van der Waals surface area contributed by atoms with Crippen molar-refractivity contribution < 1.29 is 28.2 Å². The number of benzene rings is 1. The molecule has 1 aromatic carbocycles. The highest BCUT2D eigenvalue weighted by atomic mass is 19.1. The van der Waals surface area contributed by atoms with Crippen molar-refractivity contribution in [1.29, 1.82) is 0 Å². The van der Waals surface area contributed by atoms with Crippen molar-refractivity contribution in [3.8, 4) is 5.75 Å². The summed E-state index contributed by atoms with van der Waals surface area (Å²) in [6.07, 6.45) is 0. The summed E-state index contributed by atoms with van der Waals surface area (Å²) in [7, 11) is 1.27. The zero-order chi connectivity index (χ0) is 15.0. The number of hydrogen-bond donors (Lipinski definition) is 2. The van der Waals surface area contributed by atoms with E-state index in [0.717, 1.165) is 6.07 Å². The van der Waals surface area contributed by atoms with Crippen LogP contribution in [0.25, 0.3) is 10.9 Å². The van der Waals surface area contributed by atoms with E-state index in [9.17, 15) is 18.4 Å². The van der Waals surface area contributed by atoms with Crippen LogP contribution in [-0.4, -0.2) is 28.7 Å². The Bertz CT molecular complexity index is 724. The molecule has 0 saturated carbocycles. The normalized spacial score (nSPS) is 10.8. The van der Waals surface area contributed by atoms with Crippen LogP contribution < -0.4 is 10.5 Å². The van der Waals surface area contributed by atoms with Gasteiger partial charge in [-0.25, -0.2) is 4.39 Å². The average molecular weight is 284 g/mol. The number of fused-ring (bicyclic) bond motifs is 1. The number of hydrogen-bond acceptors (Lipinski definition) is 3. The molecule has 0 fully saturated rings. The predicted octanol–water partition coefficient (Wildman–Crippen LogP) is 1.11. The van der Waals surface area contributed by atoms with E-state index < -0.39 is 35.7 Å². The Morgan fingerprint density at radius 2 is 2.05 bits per heavy atom. The summed E-state index contributed by atoms with van der Waals surface area (Å²) in [6.45, 7) is -0.776. The van der Waals surface area contributed by atoms with Crippen LogP contribution in [0.1, 0.15) is 10.4 Å². The first kappa shape index (κ1) is 13.8. The van der Waals surface area contributed by atoms with Crippen LogP contribution in [0.2, 0.25) is 0 Å². The molecule has 0 aliphatic rings. The van der Waals surface area contributed by atoms with Crippen molar-refractivity contribution in [3.63, 3.8) is 0 Å². The lowest BCUT2D eigenvalue weighted by molar-refractivity contribution is -0.137. The minimum atomic E-state index is -1.35. The molecule has 2 rings (SSSR count). The van der Waals surface area contributed by atoms with Gasteiger partial charge in [-0.2, -0.15) is 4.39 Å². The molecule has 0 aliphatic carbocycles. The second kappa shape index (κ2) is 4.80. The van der Waals surface area contributed by atoms with Gasteiger partial charge in [-0.15, -0.1) is 0 Å². The molecule has 1 aromatic heterocycles. The molecule has 0 spiro atoms. The largest absolute Gasteiger partial charge is 0.497 e. The smallest absolute Gasteiger partial charge is 0.323 e. The fourth-order valence-electron chi connectivity index (χ4n) is 2.00. The molecule has 0 bridgehead atoms. The summed E-state index contributed by atoms with van der Waals surface area (Å²) in [6, 6.07) is 2.19. The summed E-state index contributed by atoms with van der Waals surface area (Å²) in [5, 5.41) is 8.40. The van der Waals surface area contributed by atoms with Gasteiger partial charge in [0.25, 0.3) is 5.91 Å². The maximum absolute atomic E-state index is 14.1. The molecule has 3 N–H and O–H groups in total. The van der Waals surface area contributed by atoms with E-state index >= 15 is 0 Å². The molecule has 6 nitrogen and oxygen atoms in total. The Hall–Kier alpha value is -2.64. The van der Waals surface area contributed by atoms with Crippen molar-refractivity contribution in [3.05, 3.63) is 29.5 Å². The van der Waals surface area contributed by atoms with Crippen molar-refractivity contribution in [2.24, 2.45) is 5.73 Å². The van der Waals surface area contributed by atoms with Crippen LogP contribution in [0.3, 0.4) is 0 Å². The third kappa shape index (κ3) is 2.04. The molecule has 2 aromatic rings. The number of rotatable bonds is 4. The average Bonchev–Trinajstić information content (AvgIpc) is 2.63. The molecule has 0 unspecified atom stereocenters. The predicted molar refractivity (Wildman–Crippen MR) is 64.6 cm³/mol. The summed E-state index contributed by atoms with van der Waals surface area (Å²) >= 11 is 0. The highest BCUT2D eigenvalue weighted by molar-refractivity contribution is 6.07. The van der Waals surface area contributed by atoms with Crippen molar-refractivity contribution in [2.75, 3.05) is 7.11 Å². The first-order valence-corrected chi connectivity index (χ1v) is 5.43. The Morgan fingerprint density at radius 1 is 1.40 bits per heavy atom. The number of carbonyl (C=O) groups excluding carboxylic acids is 1. The molecule has 1 amide bonds. The second-order valence-electron chi connectivity index (χ2n) is 4.01. The third-order valence-corrected chi connectivity index (χ3v) is 2.80. The van der Waals surface area contributed by atoms with E-state index in [4.69, 9.17) is 15.6 Å². The topological polar surface area (TPSA) is 94.5 Å². The standard InChI is InChI=1S/C12H10F2N2O4/c1-20-5-2-6(13)9-7(3-5)16(4-8(17)18)11(14)10(9)12(15)19/h2-3H,4H2,1H3,(H2,15,19)(H,17,18). The van der Waals surface area contributed by atoms with Crippen LogP contribution in [0, 0.1) is 11.8 Å². The zero-order valence-electron chi connectivity index (χ0n) is 10.3. The number of nitrogens with two attached hydrogens (primary N) is 1. The zero-order valence-corrected chi connectivity index (χ0v) is 10.3. The number of aromatic nitrogens is 1. The fourth-order valence-corrected chi connectivity index (χ4v) is 2.00. The molecular weight excluding hydrogens is 274 g/mol. The lowest BCUT2D eigenvalue weighted by Crippen LogP contribution is -2.15. The molecule has 106 valence electrons. The van der Waals surface area contributed by atoms with Crippen LogP contribution in [-0.2, 0) is 11.3 Å². The number of ether oxygens (including phenoxy) is 1. The minimum absolute atomic E-state index is 0.0650. The molecule has 0 aliphatic heterocycles. The van der Waals surface area contributed by atoms with Gasteiger partial charge in [-0.1, -0.05) is 0 Å². The first-order valence-electron chi connectivity index (χ1n) is 5.43. The number of halogens is 2. The molecule has 8 heteroatoms. The van der Waals surface area contributed by atoms with E-state index in [2.05, 4.69) is 0 Å². The first-order chi connectivity index (χ1) is 9.36. The molecular formula is C12H10F2N2O4. The van der Waals surface area contributed by atoms with Gasteiger partial charge in [0, 0.05) is 12.1 Å². The minimum Gasteiger partial charge on any atom is -0.497 e. The van der Waals surface area contributed by atoms with Gasteiger partial charge in [0.15, 0.2) is 0 Å². The third-order valence-electron chi connectivity index (χ3n) is 2.80. The van der Waals surface area contributed by atoms with Crippen LogP contribution in [0.4, 0.5) is 8.78 Å². The van der Waals surface area contributed by atoms with E-state index in [1.165, 1.54) is 13.2 Å². The van der Waals surface area contributed by atoms with Crippen molar-refractivity contribution >= 4 is 22.8 Å². The van der Waals surface area contributed by atoms with Gasteiger partial charge in [-0.05, 0) is 0 Å². The molecule has 1 heterocycles. The van der Waals surface area contributed by atoms with Crippen molar-refractivity contribution in [1.82, 2.24) is 4.57 Å². The Balaban J connectivity index is 2.90. The highest BCUT2D eigenvalue weighted by Gasteiger charge is 2.25.